The summed E-state index contributed by atoms with van der Waals surface area (Å²) in [6.07, 6.45) is -4.88. The van der Waals surface area contributed by atoms with Crippen molar-refractivity contribution in [3.63, 3.8) is 0 Å². The zero-order valence-corrected chi connectivity index (χ0v) is 8.41. The van der Waals surface area contributed by atoms with Crippen LogP contribution in [0.4, 0.5) is 18.9 Å². The van der Waals surface area contributed by atoms with E-state index in [-0.39, 0.29) is 5.69 Å². The fourth-order valence-electron chi connectivity index (χ4n) is 0.924. The summed E-state index contributed by atoms with van der Waals surface area (Å²) in [6.45, 7) is 1.63. The summed E-state index contributed by atoms with van der Waals surface area (Å²) in [5.74, 6) is -2.00. The van der Waals surface area contributed by atoms with Crippen LogP contribution in [0.1, 0.15) is 5.56 Å². The molecule has 1 N–H and O–H groups in total. The SMILES string of the molecule is Cc1cc(NC(=O)C(F)(F)F)ccc1Cl. The molecule has 0 unspecified atom stereocenters. The van der Waals surface area contributed by atoms with Gasteiger partial charge in [0.2, 0.25) is 0 Å². The van der Waals surface area contributed by atoms with Crippen molar-refractivity contribution in [1.82, 2.24) is 0 Å². The van der Waals surface area contributed by atoms with Crippen LogP contribution in [0.2, 0.25) is 5.02 Å². The molecule has 1 amide bonds. The molecule has 0 radical (unpaired) electrons. The summed E-state index contributed by atoms with van der Waals surface area (Å²) in [7, 11) is 0. The first-order valence-corrected chi connectivity index (χ1v) is 4.33. The number of alkyl halides is 3. The van der Waals surface area contributed by atoms with Crippen molar-refractivity contribution in [1.29, 1.82) is 0 Å². The van der Waals surface area contributed by atoms with Crippen LogP contribution >= 0.6 is 11.6 Å². The first-order chi connectivity index (χ1) is 6.80. The molecule has 0 bridgehead atoms. The minimum Gasteiger partial charge on any atom is -0.318 e. The van der Waals surface area contributed by atoms with Crippen molar-refractivity contribution in [2.24, 2.45) is 0 Å². The maximum absolute atomic E-state index is 11.9. The van der Waals surface area contributed by atoms with Gasteiger partial charge in [0.1, 0.15) is 0 Å². The molecule has 0 aliphatic heterocycles. The molecular formula is C9H7ClF3NO. The fraction of sp³-hybridized carbons (Fsp3) is 0.222. The summed E-state index contributed by atoms with van der Waals surface area (Å²) in [6, 6.07) is 4.09. The number of aryl methyl sites for hydroxylation is 1. The third-order valence-corrected chi connectivity index (χ3v) is 2.10. The van der Waals surface area contributed by atoms with E-state index in [4.69, 9.17) is 11.6 Å². The van der Waals surface area contributed by atoms with E-state index in [1.54, 1.807) is 12.2 Å². The summed E-state index contributed by atoms with van der Waals surface area (Å²) in [5.41, 5.74) is 0.663. The van der Waals surface area contributed by atoms with Gasteiger partial charge in [-0.2, -0.15) is 13.2 Å². The number of halogens is 4. The molecule has 1 aromatic rings. The Kier molecular flexibility index (Phi) is 3.24. The number of hydrogen-bond acceptors (Lipinski definition) is 1. The first-order valence-electron chi connectivity index (χ1n) is 3.95. The molecule has 0 aliphatic carbocycles. The number of nitrogens with one attached hydrogen (secondary N) is 1. The minimum atomic E-state index is -4.88. The second-order valence-electron chi connectivity index (χ2n) is 2.92. The van der Waals surface area contributed by atoms with Crippen LogP contribution in [0, 0.1) is 6.92 Å². The average molecular weight is 238 g/mol. The number of hydrogen-bond donors (Lipinski definition) is 1. The predicted octanol–water partition coefficient (Wildman–Crippen LogP) is 3.15. The summed E-state index contributed by atoms with van der Waals surface area (Å²) in [4.78, 5) is 10.6. The first kappa shape index (κ1) is 11.8. The molecule has 0 heterocycles. The molecule has 0 spiro atoms. The largest absolute Gasteiger partial charge is 0.471 e. The Bertz CT molecular complexity index is 389. The summed E-state index contributed by atoms with van der Waals surface area (Å²) < 4.78 is 35.6. The van der Waals surface area contributed by atoms with Crippen LogP contribution in [-0.2, 0) is 4.79 Å². The van der Waals surface area contributed by atoms with Crippen LogP contribution in [0.25, 0.3) is 0 Å². The Morgan fingerprint density at radius 3 is 2.47 bits per heavy atom. The summed E-state index contributed by atoms with van der Waals surface area (Å²) in [5, 5.41) is 2.16. The van der Waals surface area contributed by atoms with E-state index in [9.17, 15) is 18.0 Å². The van der Waals surface area contributed by atoms with Gasteiger partial charge in [-0.05, 0) is 30.7 Å². The standard InChI is InChI=1S/C9H7ClF3NO/c1-5-4-6(2-3-7(5)10)14-8(15)9(11,12)13/h2-4H,1H3,(H,14,15). The van der Waals surface area contributed by atoms with Crippen LogP contribution in [0.3, 0.4) is 0 Å². The van der Waals surface area contributed by atoms with Gasteiger partial charge in [-0.25, -0.2) is 0 Å². The third kappa shape index (κ3) is 3.13. The van der Waals surface area contributed by atoms with Crippen LogP contribution in [-0.4, -0.2) is 12.1 Å². The monoisotopic (exact) mass is 237 g/mol. The maximum Gasteiger partial charge on any atom is 0.471 e. The van der Waals surface area contributed by atoms with Crippen LogP contribution < -0.4 is 5.32 Å². The number of rotatable bonds is 1. The highest BCUT2D eigenvalue weighted by Gasteiger charge is 2.38. The highest BCUT2D eigenvalue weighted by Crippen LogP contribution is 2.22. The lowest BCUT2D eigenvalue weighted by Crippen LogP contribution is -2.29. The predicted molar refractivity (Wildman–Crippen MR) is 50.9 cm³/mol. The van der Waals surface area contributed by atoms with E-state index < -0.39 is 12.1 Å². The minimum absolute atomic E-state index is 0.0687. The molecule has 1 aromatic carbocycles. The smallest absolute Gasteiger partial charge is 0.318 e. The molecule has 0 atom stereocenters. The number of carbonyl (C=O) groups is 1. The van der Waals surface area contributed by atoms with E-state index in [0.717, 1.165) is 0 Å². The van der Waals surface area contributed by atoms with Gasteiger partial charge in [-0.1, -0.05) is 11.6 Å². The number of benzene rings is 1. The second-order valence-corrected chi connectivity index (χ2v) is 3.32. The fourth-order valence-corrected chi connectivity index (χ4v) is 1.04. The van der Waals surface area contributed by atoms with E-state index in [0.29, 0.717) is 10.6 Å². The van der Waals surface area contributed by atoms with Crippen LogP contribution in [0.5, 0.6) is 0 Å². The van der Waals surface area contributed by atoms with E-state index >= 15 is 0 Å². The third-order valence-electron chi connectivity index (χ3n) is 1.67. The highest BCUT2D eigenvalue weighted by molar-refractivity contribution is 6.31. The van der Waals surface area contributed by atoms with Crippen LogP contribution in [0.15, 0.2) is 18.2 Å². The zero-order chi connectivity index (χ0) is 11.6. The Morgan fingerprint density at radius 1 is 1.40 bits per heavy atom. The lowest BCUT2D eigenvalue weighted by Gasteiger charge is -2.08. The van der Waals surface area contributed by atoms with Gasteiger partial charge in [0, 0.05) is 10.7 Å². The average Bonchev–Trinajstić information content (AvgIpc) is 2.10. The van der Waals surface area contributed by atoms with Crippen molar-refractivity contribution >= 4 is 23.2 Å². The van der Waals surface area contributed by atoms with Crippen molar-refractivity contribution in [2.45, 2.75) is 13.1 Å². The molecule has 2 nitrogen and oxygen atoms in total. The Morgan fingerprint density at radius 2 is 2.00 bits per heavy atom. The molecule has 0 fully saturated rings. The van der Waals surface area contributed by atoms with Gasteiger partial charge in [-0.15, -0.1) is 0 Å². The zero-order valence-electron chi connectivity index (χ0n) is 7.65. The lowest BCUT2D eigenvalue weighted by molar-refractivity contribution is -0.167. The van der Waals surface area contributed by atoms with Crippen molar-refractivity contribution < 1.29 is 18.0 Å². The number of amides is 1. The normalized spacial score (nSPS) is 11.3. The molecule has 15 heavy (non-hydrogen) atoms. The van der Waals surface area contributed by atoms with Crippen molar-refractivity contribution in [2.75, 3.05) is 5.32 Å². The molecule has 82 valence electrons. The molecule has 0 aliphatic rings. The van der Waals surface area contributed by atoms with E-state index in [1.165, 1.54) is 18.2 Å². The van der Waals surface area contributed by atoms with Crippen molar-refractivity contribution in [3.05, 3.63) is 28.8 Å². The Hall–Kier alpha value is -1.23. The molecule has 1 rings (SSSR count). The summed E-state index contributed by atoms with van der Waals surface area (Å²) >= 11 is 5.67. The quantitative estimate of drug-likeness (QED) is 0.799. The second kappa shape index (κ2) is 4.10. The van der Waals surface area contributed by atoms with Gasteiger partial charge in [0.15, 0.2) is 0 Å². The maximum atomic E-state index is 11.9. The van der Waals surface area contributed by atoms with Gasteiger partial charge in [0.05, 0.1) is 0 Å². The van der Waals surface area contributed by atoms with Gasteiger partial charge >= 0.3 is 12.1 Å². The Labute approximate surface area is 89.0 Å². The van der Waals surface area contributed by atoms with Crippen molar-refractivity contribution in [3.8, 4) is 0 Å². The molecule has 0 saturated heterocycles. The van der Waals surface area contributed by atoms with Gasteiger partial charge in [-0.3, -0.25) is 4.79 Å². The van der Waals surface area contributed by atoms with Gasteiger partial charge in [0.25, 0.3) is 0 Å². The molecule has 0 aromatic heterocycles. The number of carbonyl (C=O) groups excluding carboxylic acids is 1. The highest BCUT2D eigenvalue weighted by atomic mass is 35.5. The van der Waals surface area contributed by atoms with Gasteiger partial charge < -0.3 is 5.32 Å². The molecular weight excluding hydrogens is 231 g/mol. The number of anilines is 1. The van der Waals surface area contributed by atoms with E-state index in [1.807, 2.05) is 0 Å². The lowest BCUT2D eigenvalue weighted by atomic mass is 10.2. The molecule has 0 saturated carbocycles. The molecule has 6 heteroatoms. The Balaban J connectivity index is 2.83. The van der Waals surface area contributed by atoms with E-state index in [2.05, 4.69) is 0 Å². The topological polar surface area (TPSA) is 29.1 Å².